The average molecular weight is 402 g/mol. The Hall–Kier alpha value is -2.12. The summed E-state index contributed by atoms with van der Waals surface area (Å²) in [5.41, 5.74) is 4.60. The molecule has 0 aliphatic rings. The lowest BCUT2D eigenvalue weighted by atomic mass is 9.97. The molecule has 1 aromatic carbocycles. The Bertz CT molecular complexity index is 703. The summed E-state index contributed by atoms with van der Waals surface area (Å²) in [4.78, 5) is 35.3. The van der Waals surface area contributed by atoms with Crippen LogP contribution < -0.4 is 15.2 Å². The van der Waals surface area contributed by atoms with Gasteiger partial charge in [-0.3, -0.25) is 14.4 Å². The molecule has 0 radical (unpaired) electrons. The molecule has 0 amide bonds. The number of nitrogens with two attached hydrogens (primary N) is 1. The van der Waals surface area contributed by atoms with Crippen LogP contribution in [-0.2, 0) is 20.8 Å². The Morgan fingerprint density at radius 1 is 0.963 bits per heavy atom. The summed E-state index contributed by atoms with van der Waals surface area (Å²) >= 11 is 0. The number of ether oxygens (including phenoxy) is 2. The van der Waals surface area contributed by atoms with E-state index in [2.05, 4.69) is 0 Å². The van der Waals surface area contributed by atoms with Gasteiger partial charge in [0.15, 0.2) is 11.5 Å². The van der Waals surface area contributed by atoms with E-state index in [4.69, 9.17) is 20.3 Å². The number of esters is 2. The van der Waals surface area contributed by atoms with E-state index in [1.165, 1.54) is 12.1 Å². The summed E-state index contributed by atoms with van der Waals surface area (Å²) in [6.07, 6.45) is 0.0445. The van der Waals surface area contributed by atoms with Gasteiger partial charge in [-0.25, -0.2) is 0 Å². The van der Waals surface area contributed by atoms with E-state index in [0.717, 1.165) is 0 Å². The van der Waals surface area contributed by atoms with E-state index in [1.807, 2.05) is 0 Å². The highest BCUT2D eigenvalue weighted by atomic mass is 35.5. The van der Waals surface area contributed by atoms with Gasteiger partial charge in [-0.1, -0.05) is 6.07 Å². The molecule has 0 bridgehead atoms. The highest BCUT2D eigenvalue weighted by Gasteiger charge is 2.28. The second kappa shape index (κ2) is 9.19. The third kappa shape index (κ3) is 7.56. The molecular weight excluding hydrogens is 374 g/mol. The van der Waals surface area contributed by atoms with Crippen molar-refractivity contribution in [1.29, 1.82) is 0 Å². The maximum Gasteiger partial charge on any atom is 0.320 e. The van der Waals surface area contributed by atoms with Crippen LogP contribution in [0.5, 0.6) is 11.5 Å². The summed E-state index contributed by atoms with van der Waals surface area (Å²) < 4.78 is 10.8. The van der Waals surface area contributed by atoms with Crippen molar-refractivity contribution in [2.45, 2.75) is 54.0 Å². The lowest BCUT2D eigenvalue weighted by Crippen LogP contribution is -2.32. The van der Waals surface area contributed by atoms with Crippen LogP contribution in [0.15, 0.2) is 18.2 Å². The number of carboxylic acids is 1. The molecule has 1 atom stereocenters. The van der Waals surface area contributed by atoms with E-state index in [0.29, 0.717) is 5.56 Å². The van der Waals surface area contributed by atoms with E-state index in [-0.39, 0.29) is 30.3 Å². The first-order valence-electron chi connectivity index (χ1n) is 8.27. The van der Waals surface area contributed by atoms with Crippen LogP contribution in [0.4, 0.5) is 0 Å². The van der Waals surface area contributed by atoms with E-state index < -0.39 is 34.8 Å². The first kappa shape index (κ1) is 24.9. The summed E-state index contributed by atoms with van der Waals surface area (Å²) in [5, 5.41) is 8.95. The van der Waals surface area contributed by atoms with Gasteiger partial charge in [0.25, 0.3) is 0 Å². The van der Waals surface area contributed by atoms with Crippen molar-refractivity contribution in [2.24, 2.45) is 16.6 Å². The monoisotopic (exact) mass is 401 g/mol. The zero-order valence-electron chi connectivity index (χ0n) is 16.5. The topological polar surface area (TPSA) is 116 Å². The van der Waals surface area contributed by atoms with E-state index >= 15 is 0 Å². The third-order valence-electron chi connectivity index (χ3n) is 3.41. The van der Waals surface area contributed by atoms with Gasteiger partial charge in [0.1, 0.15) is 6.04 Å². The van der Waals surface area contributed by atoms with Crippen molar-refractivity contribution in [3.63, 3.8) is 0 Å². The molecule has 0 fully saturated rings. The minimum Gasteiger partial charge on any atom is -0.480 e. The van der Waals surface area contributed by atoms with Gasteiger partial charge in [0, 0.05) is 0 Å². The number of carbonyl (C=O) groups excluding carboxylic acids is 2. The van der Waals surface area contributed by atoms with Gasteiger partial charge in [-0.2, -0.15) is 0 Å². The number of carbonyl (C=O) groups is 3. The maximum atomic E-state index is 12.2. The molecule has 0 spiro atoms. The molecule has 7 nitrogen and oxygen atoms in total. The van der Waals surface area contributed by atoms with Gasteiger partial charge in [-0.15, -0.1) is 12.4 Å². The van der Waals surface area contributed by atoms with Gasteiger partial charge in [0.2, 0.25) is 0 Å². The standard InChI is InChI=1S/C19H27NO6.ClH/c1-18(2,3)16(23)25-13-8-7-11(9-12(20)15(21)22)10-14(13)26-17(24)19(4,5)6;/h7-8,10,12H,9,20H2,1-6H3,(H,21,22);1H/t12-;/m0./s1. The van der Waals surface area contributed by atoms with Crippen molar-refractivity contribution < 1.29 is 29.0 Å². The normalized spacial score (nSPS) is 12.6. The van der Waals surface area contributed by atoms with Crippen LogP contribution in [-0.4, -0.2) is 29.1 Å². The minimum absolute atomic E-state index is 0. The quantitative estimate of drug-likeness (QED) is 0.575. The van der Waals surface area contributed by atoms with Crippen molar-refractivity contribution in [3.8, 4) is 11.5 Å². The van der Waals surface area contributed by atoms with Crippen molar-refractivity contribution in [1.82, 2.24) is 0 Å². The number of carboxylic acid groups (broad SMARTS) is 1. The molecule has 0 aromatic heterocycles. The number of aliphatic carboxylic acids is 1. The van der Waals surface area contributed by atoms with Crippen LogP contribution >= 0.6 is 12.4 Å². The van der Waals surface area contributed by atoms with Crippen molar-refractivity contribution >= 4 is 30.3 Å². The van der Waals surface area contributed by atoms with Gasteiger partial charge in [0.05, 0.1) is 10.8 Å². The largest absolute Gasteiger partial charge is 0.480 e. The fraction of sp³-hybridized carbons (Fsp3) is 0.526. The maximum absolute atomic E-state index is 12.2. The SMILES string of the molecule is CC(C)(C)C(=O)Oc1ccc(C[C@H](N)C(=O)O)cc1OC(=O)C(C)(C)C.Cl. The molecular formula is C19H28ClNO6. The molecule has 8 heteroatoms. The van der Waals surface area contributed by atoms with E-state index in [1.54, 1.807) is 47.6 Å². The lowest BCUT2D eigenvalue weighted by molar-refractivity contribution is -0.145. The molecule has 152 valence electrons. The first-order chi connectivity index (χ1) is 11.7. The Labute approximate surface area is 165 Å². The average Bonchev–Trinajstić information content (AvgIpc) is 2.47. The third-order valence-corrected chi connectivity index (χ3v) is 3.41. The zero-order valence-corrected chi connectivity index (χ0v) is 17.3. The highest BCUT2D eigenvalue weighted by molar-refractivity contribution is 5.85. The lowest BCUT2D eigenvalue weighted by Gasteiger charge is -2.21. The molecule has 0 aliphatic carbocycles. The number of rotatable bonds is 5. The van der Waals surface area contributed by atoms with Crippen molar-refractivity contribution in [3.05, 3.63) is 23.8 Å². The number of hydrogen-bond donors (Lipinski definition) is 2. The van der Waals surface area contributed by atoms with Crippen LogP contribution in [0.2, 0.25) is 0 Å². The Kier molecular flexibility index (Phi) is 8.47. The number of halogens is 1. The molecule has 0 aliphatic heterocycles. The molecule has 0 unspecified atom stereocenters. The molecule has 0 heterocycles. The molecule has 27 heavy (non-hydrogen) atoms. The number of benzene rings is 1. The smallest absolute Gasteiger partial charge is 0.320 e. The summed E-state index contributed by atoms with van der Waals surface area (Å²) in [6, 6.07) is 3.43. The van der Waals surface area contributed by atoms with Crippen LogP contribution in [0, 0.1) is 10.8 Å². The fourth-order valence-electron chi connectivity index (χ4n) is 1.69. The molecule has 0 saturated carbocycles. The van der Waals surface area contributed by atoms with Gasteiger partial charge < -0.3 is 20.3 Å². The summed E-state index contributed by atoms with van der Waals surface area (Å²) in [7, 11) is 0. The van der Waals surface area contributed by atoms with Crippen LogP contribution in [0.1, 0.15) is 47.1 Å². The van der Waals surface area contributed by atoms with Gasteiger partial charge >= 0.3 is 17.9 Å². The van der Waals surface area contributed by atoms with Crippen molar-refractivity contribution in [2.75, 3.05) is 0 Å². The Morgan fingerprint density at radius 3 is 1.81 bits per heavy atom. The summed E-state index contributed by atoms with van der Waals surface area (Å²) in [6.45, 7) is 10.2. The van der Waals surface area contributed by atoms with Crippen LogP contribution in [0.25, 0.3) is 0 Å². The zero-order chi connectivity index (χ0) is 20.3. The highest BCUT2D eigenvalue weighted by Crippen LogP contribution is 2.32. The minimum atomic E-state index is -1.14. The van der Waals surface area contributed by atoms with Gasteiger partial charge in [-0.05, 0) is 65.7 Å². The van der Waals surface area contributed by atoms with Crippen LogP contribution in [0.3, 0.4) is 0 Å². The molecule has 3 N–H and O–H groups in total. The fourth-order valence-corrected chi connectivity index (χ4v) is 1.69. The second-order valence-electron chi connectivity index (χ2n) is 8.21. The second-order valence-corrected chi connectivity index (χ2v) is 8.21. The first-order valence-corrected chi connectivity index (χ1v) is 8.27. The predicted octanol–water partition coefficient (Wildman–Crippen LogP) is 2.97. The predicted molar refractivity (Wildman–Crippen MR) is 103 cm³/mol. The molecule has 0 saturated heterocycles. The Balaban J connectivity index is 0.00000676. The van der Waals surface area contributed by atoms with E-state index in [9.17, 15) is 14.4 Å². The Morgan fingerprint density at radius 2 is 1.41 bits per heavy atom. The number of hydrogen-bond acceptors (Lipinski definition) is 6. The summed E-state index contributed by atoms with van der Waals surface area (Å²) in [5.74, 6) is -1.99. The molecule has 1 rings (SSSR count). The molecule has 1 aromatic rings.